The monoisotopic (exact) mass is 373 g/mol. The second kappa shape index (κ2) is 7.09. The zero-order chi connectivity index (χ0) is 17.2. The first-order chi connectivity index (χ1) is 12.2. The third kappa shape index (κ3) is 3.67. The van der Waals surface area contributed by atoms with E-state index in [0.717, 1.165) is 30.2 Å². The minimum absolute atomic E-state index is 0.131. The smallest absolute Gasteiger partial charge is 0.191 e. The number of rotatable bonds is 7. The van der Waals surface area contributed by atoms with Gasteiger partial charge in [-0.05, 0) is 36.4 Å². The fraction of sp³-hybridized carbons (Fsp3) is 0.278. The molecule has 7 heteroatoms. The van der Waals surface area contributed by atoms with Crippen molar-refractivity contribution in [3.05, 3.63) is 63.9 Å². The molecule has 2 heterocycles. The maximum absolute atomic E-state index is 13.7. The number of halogens is 1. The third-order valence-corrected chi connectivity index (χ3v) is 5.89. The number of nitrogens with zero attached hydrogens (tertiary/aromatic N) is 3. The first-order valence-electron chi connectivity index (χ1n) is 8.09. The van der Waals surface area contributed by atoms with E-state index in [1.54, 1.807) is 23.5 Å². The molecule has 0 atom stereocenters. The van der Waals surface area contributed by atoms with Gasteiger partial charge in [-0.3, -0.25) is 4.79 Å². The summed E-state index contributed by atoms with van der Waals surface area (Å²) in [5.74, 6) is 0.388. The fourth-order valence-electron chi connectivity index (χ4n) is 2.69. The SMILES string of the molecule is O=C(CSc1nnc(Cc2cccs2)n1C1CC1)c1ccccc1F. The van der Waals surface area contributed by atoms with Crippen LogP contribution >= 0.6 is 23.1 Å². The Morgan fingerprint density at radius 3 is 2.80 bits per heavy atom. The number of carbonyl (C=O) groups excluding carboxylic acids is 1. The molecule has 4 nitrogen and oxygen atoms in total. The Labute approximate surface area is 153 Å². The lowest BCUT2D eigenvalue weighted by Crippen LogP contribution is -2.07. The van der Waals surface area contributed by atoms with E-state index in [4.69, 9.17) is 0 Å². The highest BCUT2D eigenvalue weighted by Gasteiger charge is 2.30. The van der Waals surface area contributed by atoms with E-state index in [1.165, 1.54) is 28.8 Å². The van der Waals surface area contributed by atoms with Gasteiger partial charge in [0.05, 0.1) is 11.3 Å². The van der Waals surface area contributed by atoms with Crippen molar-refractivity contribution >= 4 is 28.9 Å². The molecule has 128 valence electrons. The van der Waals surface area contributed by atoms with Crippen LogP contribution in [0.25, 0.3) is 0 Å². The van der Waals surface area contributed by atoms with Crippen LogP contribution in [0, 0.1) is 5.82 Å². The quantitative estimate of drug-likeness (QED) is 0.455. The maximum Gasteiger partial charge on any atom is 0.191 e. The number of benzene rings is 1. The molecule has 0 unspecified atom stereocenters. The lowest BCUT2D eigenvalue weighted by molar-refractivity contribution is 0.101. The molecule has 0 bridgehead atoms. The topological polar surface area (TPSA) is 47.8 Å². The van der Waals surface area contributed by atoms with Crippen LogP contribution in [-0.2, 0) is 6.42 Å². The lowest BCUT2D eigenvalue weighted by atomic mass is 10.1. The van der Waals surface area contributed by atoms with Gasteiger partial charge in [0, 0.05) is 17.3 Å². The van der Waals surface area contributed by atoms with Gasteiger partial charge in [0.15, 0.2) is 10.9 Å². The molecule has 0 radical (unpaired) electrons. The standard InChI is InChI=1S/C18H16FN3OS2/c19-15-6-2-1-5-14(15)16(23)11-25-18-21-20-17(22(18)12-7-8-12)10-13-4-3-9-24-13/h1-6,9,12H,7-8,10-11H2. The molecule has 25 heavy (non-hydrogen) atoms. The predicted molar refractivity (Wildman–Crippen MR) is 96.9 cm³/mol. The highest BCUT2D eigenvalue weighted by molar-refractivity contribution is 7.99. The summed E-state index contributed by atoms with van der Waals surface area (Å²) in [5.41, 5.74) is 0.131. The van der Waals surface area contributed by atoms with Crippen molar-refractivity contribution in [2.24, 2.45) is 0 Å². The summed E-state index contributed by atoms with van der Waals surface area (Å²) in [6.07, 6.45) is 2.98. The van der Waals surface area contributed by atoms with Gasteiger partial charge in [0.2, 0.25) is 0 Å². The van der Waals surface area contributed by atoms with E-state index in [1.807, 2.05) is 6.07 Å². The van der Waals surface area contributed by atoms with Crippen LogP contribution in [0.15, 0.2) is 46.9 Å². The van der Waals surface area contributed by atoms with Gasteiger partial charge in [0.1, 0.15) is 11.6 Å². The Morgan fingerprint density at radius 2 is 2.08 bits per heavy atom. The van der Waals surface area contributed by atoms with Gasteiger partial charge in [-0.2, -0.15) is 0 Å². The van der Waals surface area contributed by atoms with Crippen LogP contribution in [0.5, 0.6) is 0 Å². The van der Waals surface area contributed by atoms with Crippen molar-refractivity contribution in [1.82, 2.24) is 14.8 Å². The number of aromatic nitrogens is 3. The molecule has 1 saturated carbocycles. The number of thiophene rings is 1. The summed E-state index contributed by atoms with van der Waals surface area (Å²) in [5, 5.41) is 11.4. The molecule has 1 aliphatic carbocycles. The number of Topliss-reactive ketones (excluding diaryl/α,β-unsaturated/α-hetero) is 1. The second-order valence-corrected chi connectivity index (χ2v) is 7.92. The molecule has 0 spiro atoms. The van der Waals surface area contributed by atoms with Crippen LogP contribution in [0.1, 0.15) is 39.9 Å². The second-order valence-electron chi connectivity index (χ2n) is 5.95. The van der Waals surface area contributed by atoms with Gasteiger partial charge in [0.25, 0.3) is 0 Å². The summed E-state index contributed by atoms with van der Waals surface area (Å²) in [4.78, 5) is 13.5. The van der Waals surface area contributed by atoms with Crippen molar-refractivity contribution in [1.29, 1.82) is 0 Å². The number of carbonyl (C=O) groups is 1. The van der Waals surface area contributed by atoms with E-state index in [-0.39, 0.29) is 17.1 Å². The number of thioether (sulfide) groups is 1. The molecule has 1 aromatic carbocycles. The molecule has 0 saturated heterocycles. The summed E-state index contributed by atoms with van der Waals surface area (Å²) < 4.78 is 15.9. The first kappa shape index (κ1) is 16.5. The molecule has 3 aromatic rings. The largest absolute Gasteiger partial charge is 0.303 e. The molecular weight excluding hydrogens is 357 g/mol. The average Bonchev–Trinajstić information content (AvgIpc) is 3.16. The fourth-order valence-corrected chi connectivity index (χ4v) is 4.30. The van der Waals surface area contributed by atoms with Gasteiger partial charge in [-0.25, -0.2) is 4.39 Å². The summed E-state index contributed by atoms with van der Waals surface area (Å²) >= 11 is 3.04. The molecule has 4 rings (SSSR count). The van der Waals surface area contributed by atoms with Crippen LogP contribution in [0.4, 0.5) is 4.39 Å². The van der Waals surface area contributed by atoms with Crippen molar-refractivity contribution in [2.75, 3.05) is 5.75 Å². The Hall–Kier alpha value is -1.99. The molecular formula is C18H16FN3OS2. The van der Waals surface area contributed by atoms with E-state index < -0.39 is 5.82 Å². The van der Waals surface area contributed by atoms with Crippen LogP contribution in [0.3, 0.4) is 0 Å². The Balaban J connectivity index is 1.50. The van der Waals surface area contributed by atoms with Gasteiger partial charge in [-0.1, -0.05) is 30.0 Å². The van der Waals surface area contributed by atoms with E-state index >= 15 is 0 Å². The summed E-state index contributed by atoms with van der Waals surface area (Å²) in [6, 6.07) is 10.6. The normalized spacial score (nSPS) is 14.0. The molecule has 2 aromatic heterocycles. The third-order valence-electron chi connectivity index (χ3n) is 4.07. The Morgan fingerprint density at radius 1 is 1.24 bits per heavy atom. The Kier molecular flexibility index (Phi) is 4.67. The zero-order valence-corrected chi connectivity index (χ0v) is 15.0. The van der Waals surface area contributed by atoms with E-state index in [9.17, 15) is 9.18 Å². The Bertz CT molecular complexity index is 888. The number of ketones is 1. The highest BCUT2D eigenvalue weighted by atomic mass is 32.2. The highest BCUT2D eigenvalue weighted by Crippen LogP contribution is 2.39. The van der Waals surface area contributed by atoms with Crippen LogP contribution in [0.2, 0.25) is 0 Å². The van der Waals surface area contributed by atoms with Gasteiger partial charge >= 0.3 is 0 Å². The molecule has 0 amide bonds. The average molecular weight is 373 g/mol. The van der Waals surface area contributed by atoms with E-state index in [2.05, 4.69) is 26.2 Å². The summed E-state index contributed by atoms with van der Waals surface area (Å²) in [7, 11) is 0. The summed E-state index contributed by atoms with van der Waals surface area (Å²) in [6.45, 7) is 0. The lowest BCUT2D eigenvalue weighted by Gasteiger charge is -2.08. The minimum Gasteiger partial charge on any atom is -0.303 e. The van der Waals surface area contributed by atoms with Crippen molar-refractivity contribution < 1.29 is 9.18 Å². The number of hydrogen-bond acceptors (Lipinski definition) is 5. The van der Waals surface area contributed by atoms with Crippen LogP contribution in [-0.4, -0.2) is 26.3 Å². The molecule has 1 aliphatic rings. The van der Waals surface area contributed by atoms with Gasteiger partial charge in [-0.15, -0.1) is 21.5 Å². The molecule has 0 N–H and O–H groups in total. The number of hydrogen-bond donors (Lipinski definition) is 0. The van der Waals surface area contributed by atoms with Crippen LogP contribution < -0.4 is 0 Å². The predicted octanol–water partition coefficient (Wildman–Crippen LogP) is 4.38. The maximum atomic E-state index is 13.7. The van der Waals surface area contributed by atoms with Crippen molar-refractivity contribution in [3.63, 3.8) is 0 Å². The first-order valence-corrected chi connectivity index (χ1v) is 9.95. The molecule has 1 fully saturated rings. The van der Waals surface area contributed by atoms with E-state index in [0.29, 0.717) is 6.04 Å². The van der Waals surface area contributed by atoms with Crippen molar-refractivity contribution in [3.8, 4) is 0 Å². The zero-order valence-electron chi connectivity index (χ0n) is 13.4. The minimum atomic E-state index is -0.477. The van der Waals surface area contributed by atoms with Gasteiger partial charge < -0.3 is 4.57 Å². The molecule has 0 aliphatic heterocycles. The van der Waals surface area contributed by atoms with Crippen molar-refractivity contribution in [2.45, 2.75) is 30.5 Å².